The SMILES string of the molecule is Cc1ccc(-c2nc(NN)cc(C(C)C)n2)cc1F. The summed E-state index contributed by atoms with van der Waals surface area (Å²) >= 11 is 0. The van der Waals surface area contributed by atoms with Crippen molar-refractivity contribution in [3.8, 4) is 11.4 Å². The fourth-order valence-corrected chi connectivity index (χ4v) is 1.70. The molecule has 3 N–H and O–H groups in total. The summed E-state index contributed by atoms with van der Waals surface area (Å²) in [6.45, 7) is 5.78. The second kappa shape index (κ2) is 5.32. The van der Waals surface area contributed by atoms with Gasteiger partial charge in [-0.05, 0) is 24.5 Å². The molecule has 1 heterocycles. The summed E-state index contributed by atoms with van der Waals surface area (Å²) in [7, 11) is 0. The number of aryl methyl sites for hydroxylation is 1. The number of hydrogen-bond donors (Lipinski definition) is 2. The van der Waals surface area contributed by atoms with Gasteiger partial charge in [-0.25, -0.2) is 20.2 Å². The molecule has 0 amide bonds. The molecule has 0 aliphatic carbocycles. The van der Waals surface area contributed by atoms with Crippen LogP contribution in [0.1, 0.15) is 31.0 Å². The molecular weight excluding hydrogens is 243 g/mol. The van der Waals surface area contributed by atoms with Crippen molar-refractivity contribution in [2.75, 3.05) is 5.43 Å². The minimum Gasteiger partial charge on any atom is -0.308 e. The van der Waals surface area contributed by atoms with Crippen molar-refractivity contribution in [1.29, 1.82) is 0 Å². The van der Waals surface area contributed by atoms with E-state index in [0.717, 1.165) is 5.69 Å². The van der Waals surface area contributed by atoms with Crippen molar-refractivity contribution < 1.29 is 4.39 Å². The molecule has 0 radical (unpaired) electrons. The summed E-state index contributed by atoms with van der Waals surface area (Å²) in [5, 5.41) is 0. The monoisotopic (exact) mass is 260 g/mol. The minimum absolute atomic E-state index is 0.240. The Hall–Kier alpha value is -2.01. The van der Waals surface area contributed by atoms with E-state index in [2.05, 4.69) is 15.4 Å². The van der Waals surface area contributed by atoms with Crippen molar-refractivity contribution in [3.05, 3.63) is 41.3 Å². The van der Waals surface area contributed by atoms with Crippen LogP contribution in [0.15, 0.2) is 24.3 Å². The molecule has 0 aliphatic rings. The van der Waals surface area contributed by atoms with E-state index in [1.807, 2.05) is 13.8 Å². The van der Waals surface area contributed by atoms with Crippen LogP contribution >= 0.6 is 0 Å². The lowest BCUT2D eigenvalue weighted by atomic mass is 10.1. The summed E-state index contributed by atoms with van der Waals surface area (Å²) in [6.07, 6.45) is 0. The van der Waals surface area contributed by atoms with Gasteiger partial charge in [0.15, 0.2) is 5.82 Å². The molecule has 0 unspecified atom stereocenters. The Morgan fingerprint density at radius 2 is 1.95 bits per heavy atom. The van der Waals surface area contributed by atoms with Gasteiger partial charge in [-0.1, -0.05) is 26.0 Å². The van der Waals surface area contributed by atoms with E-state index in [1.54, 1.807) is 25.1 Å². The number of nitrogens with one attached hydrogen (secondary N) is 1. The van der Waals surface area contributed by atoms with E-state index in [9.17, 15) is 4.39 Å². The predicted octanol–water partition coefficient (Wildman–Crippen LogP) is 3.00. The van der Waals surface area contributed by atoms with Crippen LogP contribution in [0.3, 0.4) is 0 Å². The number of hydrazine groups is 1. The number of nitrogens with two attached hydrogens (primary N) is 1. The number of aromatic nitrogens is 2. The molecule has 4 nitrogen and oxygen atoms in total. The Balaban J connectivity index is 2.54. The Morgan fingerprint density at radius 1 is 1.21 bits per heavy atom. The topological polar surface area (TPSA) is 63.8 Å². The summed E-state index contributed by atoms with van der Waals surface area (Å²) in [5.74, 6) is 6.37. The number of hydrogen-bond acceptors (Lipinski definition) is 4. The Bertz CT molecular complexity index is 596. The van der Waals surface area contributed by atoms with E-state index >= 15 is 0 Å². The Kier molecular flexibility index (Phi) is 3.76. The average molecular weight is 260 g/mol. The molecule has 0 saturated carbocycles. The van der Waals surface area contributed by atoms with Gasteiger partial charge < -0.3 is 5.43 Å². The average Bonchev–Trinajstić information content (AvgIpc) is 2.41. The lowest BCUT2D eigenvalue weighted by Crippen LogP contribution is -2.11. The zero-order valence-electron chi connectivity index (χ0n) is 11.2. The maximum absolute atomic E-state index is 13.6. The standard InChI is InChI=1S/C14H17FN4/c1-8(2)12-7-13(19-16)18-14(17-12)10-5-4-9(3)11(15)6-10/h4-8H,16H2,1-3H3,(H,17,18,19). The summed E-state index contributed by atoms with van der Waals surface area (Å²) in [5.41, 5.74) is 4.61. The first-order valence-electron chi connectivity index (χ1n) is 6.13. The highest BCUT2D eigenvalue weighted by Gasteiger charge is 2.10. The van der Waals surface area contributed by atoms with Gasteiger partial charge >= 0.3 is 0 Å². The van der Waals surface area contributed by atoms with Crippen LogP contribution in [0.2, 0.25) is 0 Å². The molecule has 0 atom stereocenters. The molecular formula is C14H17FN4. The van der Waals surface area contributed by atoms with E-state index < -0.39 is 0 Å². The minimum atomic E-state index is -0.265. The lowest BCUT2D eigenvalue weighted by molar-refractivity contribution is 0.619. The van der Waals surface area contributed by atoms with Gasteiger partial charge in [0.25, 0.3) is 0 Å². The predicted molar refractivity (Wildman–Crippen MR) is 74.1 cm³/mol. The van der Waals surface area contributed by atoms with Crippen molar-refractivity contribution in [1.82, 2.24) is 9.97 Å². The fourth-order valence-electron chi connectivity index (χ4n) is 1.70. The van der Waals surface area contributed by atoms with E-state index in [-0.39, 0.29) is 11.7 Å². The number of nitrogens with zero attached hydrogens (tertiary/aromatic N) is 2. The summed E-state index contributed by atoms with van der Waals surface area (Å²) < 4.78 is 13.6. The van der Waals surface area contributed by atoms with Crippen molar-refractivity contribution in [3.63, 3.8) is 0 Å². The number of anilines is 1. The van der Waals surface area contributed by atoms with Crippen LogP contribution in [0.4, 0.5) is 10.2 Å². The molecule has 100 valence electrons. The van der Waals surface area contributed by atoms with Crippen molar-refractivity contribution in [2.24, 2.45) is 5.84 Å². The van der Waals surface area contributed by atoms with Crippen molar-refractivity contribution in [2.45, 2.75) is 26.7 Å². The fraction of sp³-hybridized carbons (Fsp3) is 0.286. The van der Waals surface area contributed by atoms with Crippen LogP contribution in [0.25, 0.3) is 11.4 Å². The molecule has 5 heteroatoms. The zero-order valence-corrected chi connectivity index (χ0v) is 11.2. The normalized spacial score (nSPS) is 10.8. The number of benzene rings is 1. The van der Waals surface area contributed by atoms with Gasteiger partial charge in [-0.2, -0.15) is 0 Å². The molecule has 0 fully saturated rings. The molecule has 1 aromatic heterocycles. The van der Waals surface area contributed by atoms with Crippen LogP contribution in [0, 0.1) is 12.7 Å². The van der Waals surface area contributed by atoms with Crippen LogP contribution in [-0.4, -0.2) is 9.97 Å². The van der Waals surface area contributed by atoms with Gasteiger partial charge in [0.05, 0.1) is 0 Å². The molecule has 2 aromatic rings. The van der Waals surface area contributed by atoms with E-state index in [0.29, 0.717) is 22.8 Å². The maximum Gasteiger partial charge on any atom is 0.161 e. The summed E-state index contributed by atoms with van der Waals surface area (Å²) in [4.78, 5) is 8.71. The smallest absolute Gasteiger partial charge is 0.161 e. The Morgan fingerprint density at radius 3 is 2.53 bits per heavy atom. The largest absolute Gasteiger partial charge is 0.308 e. The van der Waals surface area contributed by atoms with Gasteiger partial charge in [0, 0.05) is 17.3 Å². The summed E-state index contributed by atoms with van der Waals surface area (Å²) in [6, 6.07) is 6.75. The third-order valence-electron chi connectivity index (χ3n) is 2.92. The van der Waals surface area contributed by atoms with Crippen LogP contribution in [-0.2, 0) is 0 Å². The molecule has 0 saturated heterocycles. The van der Waals surface area contributed by atoms with Gasteiger partial charge in [0.2, 0.25) is 0 Å². The highest BCUT2D eigenvalue weighted by atomic mass is 19.1. The first-order valence-corrected chi connectivity index (χ1v) is 6.13. The van der Waals surface area contributed by atoms with Crippen LogP contribution in [0.5, 0.6) is 0 Å². The highest BCUT2D eigenvalue weighted by Crippen LogP contribution is 2.23. The second-order valence-electron chi connectivity index (χ2n) is 4.76. The molecule has 0 spiro atoms. The zero-order chi connectivity index (χ0) is 14.0. The Labute approximate surface area is 111 Å². The quantitative estimate of drug-likeness (QED) is 0.657. The molecule has 19 heavy (non-hydrogen) atoms. The molecule has 2 rings (SSSR count). The second-order valence-corrected chi connectivity index (χ2v) is 4.76. The molecule has 0 bridgehead atoms. The molecule has 0 aliphatic heterocycles. The number of nitrogen functional groups attached to an aromatic ring is 1. The van der Waals surface area contributed by atoms with Gasteiger partial charge in [-0.3, -0.25) is 0 Å². The third kappa shape index (κ3) is 2.88. The van der Waals surface area contributed by atoms with E-state index in [4.69, 9.17) is 5.84 Å². The van der Waals surface area contributed by atoms with Gasteiger partial charge in [-0.15, -0.1) is 0 Å². The van der Waals surface area contributed by atoms with Crippen molar-refractivity contribution >= 4 is 5.82 Å². The highest BCUT2D eigenvalue weighted by molar-refractivity contribution is 5.58. The number of rotatable bonds is 3. The first-order chi connectivity index (χ1) is 9.01. The third-order valence-corrected chi connectivity index (χ3v) is 2.92. The maximum atomic E-state index is 13.6. The van der Waals surface area contributed by atoms with Crippen LogP contribution < -0.4 is 11.3 Å². The first kappa shape index (κ1) is 13.4. The lowest BCUT2D eigenvalue weighted by Gasteiger charge is -2.10. The van der Waals surface area contributed by atoms with E-state index in [1.165, 1.54) is 6.07 Å². The number of halogens is 1. The molecule has 1 aromatic carbocycles. The van der Waals surface area contributed by atoms with Gasteiger partial charge in [0.1, 0.15) is 11.6 Å².